The first kappa shape index (κ1) is 13.3. The Bertz CT molecular complexity index is 393. The summed E-state index contributed by atoms with van der Waals surface area (Å²) in [6, 6.07) is 0. The summed E-state index contributed by atoms with van der Waals surface area (Å²) in [5.41, 5.74) is 2.56. The normalized spacial score (nSPS) is 15.0. The molecule has 0 radical (unpaired) electrons. The molecule has 0 atom stereocenters. The molecule has 0 bridgehead atoms. The van der Waals surface area contributed by atoms with Gasteiger partial charge in [-0.3, -0.25) is 0 Å². The van der Waals surface area contributed by atoms with E-state index in [2.05, 4.69) is 22.2 Å². The van der Waals surface area contributed by atoms with E-state index in [1.165, 1.54) is 30.5 Å². The van der Waals surface area contributed by atoms with Crippen LogP contribution in [0.3, 0.4) is 0 Å². The maximum absolute atomic E-state index is 5.16. The molecule has 0 fully saturated rings. The topological polar surface area (TPSA) is 47.0 Å². The summed E-state index contributed by atoms with van der Waals surface area (Å²) in [5, 5.41) is 3.44. The molecule has 0 aliphatic heterocycles. The number of aromatic nitrogens is 2. The molecule has 0 saturated carbocycles. The van der Waals surface area contributed by atoms with Crippen LogP contribution in [-0.2, 0) is 24.2 Å². The Morgan fingerprint density at radius 2 is 2.00 bits per heavy atom. The zero-order valence-corrected chi connectivity index (χ0v) is 11.5. The Labute approximate surface area is 109 Å². The van der Waals surface area contributed by atoms with Crippen LogP contribution in [0.4, 0.5) is 5.82 Å². The molecule has 0 aromatic carbocycles. The van der Waals surface area contributed by atoms with Crippen LogP contribution in [0.1, 0.15) is 49.7 Å². The van der Waals surface area contributed by atoms with Gasteiger partial charge in [0.05, 0.1) is 0 Å². The van der Waals surface area contributed by atoms with Gasteiger partial charge in [0.15, 0.2) is 5.82 Å². The van der Waals surface area contributed by atoms with Gasteiger partial charge in [0, 0.05) is 24.9 Å². The molecule has 0 spiro atoms. The second-order valence-electron chi connectivity index (χ2n) is 4.83. The Morgan fingerprint density at radius 1 is 1.17 bits per heavy atom. The van der Waals surface area contributed by atoms with Crippen molar-refractivity contribution in [1.29, 1.82) is 0 Å². The molecule has 1 aromatic heterocycles. The first-order valence-electron chi connectivity index (χ1n) is 6.96. The van der Waals surface area contributed by atoms with Gasteiger partial charge in [-0.1, -0.05) is 13.3 Å². The number of methoxy groups -OCH3 is 1. The van der Waals surface area contributed by atoms with Crippen molar-refractivity contribution in [2.45, 2.75) is 52.1 Å². The van der Waals surface area contributed by atoms with E-state index in [1.54, 1.807) is 7.11 Å². The smallest absolute Gasteiger partial charge is 0.156 e. The number of rotatable bonds is 5. The summed E-state index contributed by atoms with van der Waals surface area (Å²) >= 11 is 0. The van der Waals surface area contributed by atoms with E-state index in [4.69, 9.17) is 4.74 Å². The molecule has 1 aromatic rings. The highest BCUT2D eigenvalue weighted by molar-refractivity contribution is 5.47. The molecule has 4 heteroatoms. The van der Waals surface area contributed by atoms with E-state index in [-0.39, 0.29) is 0 Å². The third-order valence-corrected chi connectivity index (χ3v) is 3.30. The highest BCUT2D eigenvalue weighted by Crippen LogP contribution is 2.25. The molecule has 0 amide bonds. The Hall–Kier alpha value is -1.16. The van der Waals surface area contributed by atoms with Gasteiger partial charge in [0.25, 0.3) is 0 Å². The zero-order chi connectivity index (χ0) is 12.8. The number of ether oxygens (including phenoxy) is 1. The van der Waals surface area contributed by atoms with Crippen molar-refractivity contribution in [1.82, 2.24) is 9.97 Å². The lowest BCUT2D eigenvalue weighted by molar-refractivity contribution is 0.177. The summed E-state index contributed by atoms with van der Waals surface area (Å²) in [6.07, 6.45) is 7.08. The number of fused-ring (bicyclic) bond motifs is 1. The van der Waals surface area contributed by atoms with Crippen molar-refractivity contribution >= 4 is 5.82 Å². The van der Waals surface area contributed by atoms with Gasteiger partial charge in [-0.15, -0.1) is 0 Å². The fourth-order valence-corrected chi connectivity index (χ4v) is 2.41. The van der Waals surface area contributed by atoms with Gasteiger partial charge in [0.1, 0.15) is 12.4 Å². The van der Waals surface area contributed by atoms with Crippen LogP contribution in [0.15, 0.2) is 0 Å². The second-order valence-corrected chi connectivity index (χ2v) is 4.83. The van der Waals surface area contributed by atoms with E-state index in [1.807, 2.05) is 0 Å². The van der Waals surface area contributed by atoms with Crippen LogP contribution < -0.4 is 5.32 Å². The van der Waals surface area contributed by atoms with Gasteiger partial charge < -0.3 is 10.1 Å². The van der Waals surface area contributed by atoms with E-state index < -0.39 is 0 Å². The van der Waals surface area contributed by atoms with Gasteiger partial charge in [-0.2, -0.15) is 0 Å². The number of anilines is 1. The molecular weight excluding hydrogens is 226 g/mol. The van der Waals surface area contributed by atoms with Crippen LogP contribution in [0, 0.1) is 0 Å². The zero-order valence-electron chi connectivity index (χ0n) is 11.5. The lowest BCUT2D eigenvalue weighted by atomic mass is 10.1. The van der Waals surface area contributed by atoms with Crippen molar-refractivity contribution in [3.05, 3.63) is 17.1 Å². The van der Waals surface area contributed by atoms with E-state index in [0.717, 1.165) is 37.4 Å². The fraction of sp³-hybridized carbons (Fsp3) is 0.714. The van der Waals surface area contributed by atoms with Crippen molar-refractivity contribution in [2.24, 2.45) is 0 Å². The van der Waals surface area contributed by atoms with Gasteiger partial charge in [-0.25, -0.2) is 9.97 Å². The minimum absolute atomic E-state index is 0.494. The summed E-state index contributed by atoms with van der Waals surface area (Å²) in [7, 11) is 1.69. The number of nitrogens with one attached hydrogen (secondary N) is 1. The van der Waals surface area contributed by atoms with Crippen molar-refractivity contribution < 1.29 is 4.74 Å². The molecule has 1 aliphatic rings. The van der Waals surface area contributed by atoms with E-state index in [9.17, 15) is 0 Å². The lowest BCUT2D eigenvalue weighted by Gasteiger charge is -2.14. The third kappa shape index (κ3) is 3.19. The molecule has 4 nitrogen and oxygen atoms in total. The van der Waals surface area contributed by atoms with Crippen LogP contribution in [-0.4, -0.2) is 23.6 Å². The highest BCUT2D eigenvalue weighted by atomic mass is 16.5. The van der Waals surface area contributed by atoms with Crippen molar-refractivity contribution in [3.8, 4) is 0 Å². The summed E-state index contributed by atoms with van der Waals surface area (Å²) in [5.74, 6) is 1.84. The summed E-state index contributed by atoms with van der Waals surface area (Å²) in [4.78, 5) is 9.26. The Balaban J connectivity index is 2.30. The molecule has 100 valence electrons. The van der Waals surface area contributed by atoms with Crippen LogP contribution in [0.25, 0.3) is 0 Å². The van der Waals surface area contributed by atoms with E-state index >= 15 is 0 Å². The minimum Gasteiger partial charge on any atom is -0.377 e. The number of aryl methyl sites for hydroxylation is 1. The molecule has 1 N–H and O–H groups in total. The number of hydrogen-bond donors (Lipinski definition) is 1. The van der Waals surface area contributed by atoms with Crippen LogP contribution >= 0.6 is 0 Å². The minimum atomic E-state index is 0.494. The van der Waals surface area contributed by atoms with Crippen LogP contribution in [0.5, 0.6) is 0 Å². The standard InChI is InChI=1S/C14H23N3O/c1-3-9-15-14-11-7-5-4-6-8-12(11)16-13(17-14)10-18-2/h3-10H2,1-2H3,(H,15,16,17). The quantitative estimate of drug-likeness (QED) is 0.815. The Morgan fingerprint density at radius 3 is 2.78 bits per heavy atom. The van der Waals surface area contributed by atoms with Crippen molar-refractivity contribution in [2.75, 3.05) is 19.0 Å². The highest BCUT2D eigenvalue weighted by Gasteiger charge is 2.16. The first-order chi connectivity index (χ1) is 8.85. The number of nitrogens with zero attached hydrogens (tertiary/aromatic N) is 2. The third-order valence-electron chi connectivity index (χ3n) is 3.30. The lowest BCUT2D eigenvalue weighted by Crippen LogP contribution is -2.12. The summed E-state index contributed by atoms with van der Waals surface area (Å²) < 4.78 is 5.16. The molecular formula is C14H23N3O. The molecule has 2 rings (SSSR count). The fourth-order valence-electron chi connectivity index (χ4n) is 2.41. The molecule has 0 saturated heterocycles. The van der Waals surface area contributed by atoms with Gasteiger partial charge >= 0.3 is 0 Å². The summed E-state index contributed by atoms with van der Waals surface area (Å²) in [6.45, 7) is 3.63. The second kappa shape index (κ2) is 6.69. The number of hydrogen-bond acceptors (Lipinski definition) is 4. The SMILES string of the molecule is CCCNc1nc(COC)nc2c1CCCCC2. The Kier molecular flexibility index (Phi) is 4.93. The predicted molar refractivity (Wildman–Crippen MR) is 72.8 cm³/mol. The average molecular weight is 249 g/mol. The van der Waals surface area contributed by atoms with Gasteiger partial charge in [0.2, 0.25) is 0 Å². The molecule has 0 unspecified atom stereocenters. The van der Waals surface area contributed by atoms with E-state index in [0.29, 0.717) is 6.61 Å². The molecule has 18 heavy (non-hydrogen) atoms. The maximum atomic E-state index is 5.16. The largest absolute Gasteiger partial charge is 0.377 e. The first-order valence-corrected chi connectivity index (χ1v) is 6.96. The van der Waals surface area contributed by atoms with Gasteiger partial charge in [-0.05, 0) is 32.1 Å². The monoisotopic (exact) mass is 249 g/mol. The average Bonchev–Trinajstić information content (AvgIpc) is 2.61. The van der Waals surface area contributed by atoms with Crippen LogP contribution in [0.2, 0.25) is 0 Å². The maximum Gasteiger partial charge on any atom is 0.156 e. The molecule has 1 aliphatic carbocycles. The molecule has 1 heterocycles. The predicted octanol–water partition coefficient (Wildman–Crippen LogP) is 2.71. The van der Waals surface area contributed by atoms with Crippen molar-refractivity contribution in [3.63, 3.8) is 0 Å².